The number of rotatable bonds is 4. The zero-order chi connectivity index (χ0) is 14.0. The maximum absolute atomic E-state index is 10.9. The Balaban J connectivity index is 2.33. The van der Waals surface area contributed by atoms with Gasteiger partial charge in [-0.25, -0.2) is 10.8 Å². The highest BCUT2D eigenvalue weighted by Gasteiger charge is 2.21. The van der Waals surface area contributed by atoms with E-state index < -0.39 is 4.92 Å². The third kappa shape index (κ3) is 2.52. The van der Waals surface area contributed by atoms with Gasteiger partial charge in [0.1, 0.15) is 17.2 Å². The maximum atomic E-state index is 10.9. The summed E-state index contributed by atoms with van der Waals surface area (Å²) < 4.78 is 1.57. The molecule has 0 atom stereocenters. The first kappa shape index (κ1) is 13.0. The molecule has 3 N–H and O–H groups in total. The molecule has 2 aromatic rings. The molecule has 2 heterocycles. The minimum absolute atomic E-state index is 0.0492. The molecule has 19 heavy (non-hydrogen) atoms. The van der Waals surface area contributed by atoms with Crippen LogP contribution >= 0.6 is 0 Å². The van der Waals surface area contributed by atoms with Crippen LogP contribution in [0.3, 0.4) is 0 Å². The van der Waals surface area contributed by atoms with Crippen LogP contribution in [0.4, 0.5) is 11.5 Å². The highest BCUT2D eigenvalue weighted by molar-refractivity contribution is 5.40. The lowest BCUT2D eigenvalue weighted by molar-refractivity contribution is -0.386. The molecule has 2 rings (SSSR count). The van der Waals surface area contributed by atoms with E-state index in [1.54, 1.807) is 30.7 Å². The van der Waals surface area contributed by atoms with E-state index in [1.165, 1.54) is 0 Å². The Hall–Kier alpha value is -2.48. The largest absolute Gasteiger partial charge is 0.312 e. The molecule has 0 amide bonds. The number of nitrogens with zero attached hydrogens (tertiary/aromatic N) is 4. The van der Waals surface area contributed by atoms with E-state index in [0.29, 0.717) is 23.8 Å². The van der Waals surface area contributed by atoms with E-state index in [0.717, 1.165) is 5.69 Å². The first-order valence-corrected chi connectivity index (χ1v) is 5.64. The SMILES string of the molecule is Cc1nn(Cc2cccc(NN)n2)c(C)c1[N+](=O)[O-]. The van der Waals surface area contributed by atoms with Crippen molar-refractivity contribution in [1.29, 1.82) is 0 Å². The highest BCUT2D eigenvalue weighted by atomic mass is 16.6. The van der Waals surface area contributed by atoms with Crippen molar-refractivity contribution in [1.82, 2.24) is 14.8 Å². The van der Waals surface area contributed by atoms with Crippen molar-refractivity contribution in [2.45, 2.75) is 20.4 Å². The summed E-state index contributed by atoms with van der Waals surface area (Å²) in [6.07, 6.45) is 0. The predicted octanol–water partition coefficient (Wildman–Crippen LogP) is 1.14. The fourth-order valence-corrected chi connectivity index (χ4v) is 1.91. The molecule has 0 bridgehead atoms. The molecule has 0 aliphatic rings. The van der Waals surface area contributed by atoms with Crippen molar-refractivity contribution in [3.63, 3.8) is 0 Å². The molecule has 8 heteroatoms. The summed E-state index contributed by atoms with van der Waals surface area (Å²) >= 11 is 0. The lowest BCUT2D eigenvalue weighted by Gasteiger charge is -2.05. The van der Waals surface area contributed by atoms with Crippen molar-refractivity contribution < 1.29 is 4.92 Å². The number of hydrogen-bond donors (Lipinski definition) is 2. The Morgan fingerprint density at radius 2 is 2.21 bits per heavy atom. The molecule has 0 fully saturated rings. The van der Waals surface area contributed by atoms with Crippen LogP contribution in [0.25, 0.3) is 0 Å². The quantitative estimate of drug-likeness (QED) is 0.485. The minimum Gasteiger partial charge on any atom is -0.308 e. The monoisotopic (exact) mass is 262 g/mol. The van der Waals surface area contributed by atoms with E-state index in [9.17, 15) is 10.1 Å². The maximum Gasteiger partial charge on any atom is 0.312 e. The third-order valence-corrected chi connectivity index (χ3v) is 2.79. The molecule has 0 aliphatic carbocycles. The second-order valence-corrected chi connectivity index (χ2v) is 4.09. The van der Waals surface area contributed by atoms with Crippen molar-refractivity contribution >= 4 is 11.5 Å². The van der Waals surface area contributed by atoms with Crippen LogP contribution in [-0.4, -0.2) is 19.7 Å². The Morgan fingerprint density at radius 1 is 1.47 bits per heavy atom. The first-order chi connectivity index (χ1) is 9.02. The first-order valence-electron chi connectivity index (χ1n) is 5.64. The summed E-state index contributed by atoms with van der Waals surface area (Å²) in [4.78, 5) is 14.7. The van der Waals surface area contributed by atoms with E-state index in [1.807, 2.05) is 6.07 Å². The Morgan fingerprint density at radius 3 is 2.79 bits per heavy atom. The van der Waals surface area contributed by atoms with Crippen LogP contribution in [0, 0.1) is 24.0 Å². The summed E-state index contributed by atoms with van der Waals surface area (Å²) in [7, 11) is 0. The molecule has 8 nitrogen and oxygen atoms in total. The summed E-state index contributed by atoms with van der Waals surface area (Å²) in [5.41, 5.74) is 4.13. The number of nitrogens with one attached hydrogen (secondary N) is 1. The average Bonchev–Trinajstić information content (AvgIpc) is 2.64. The summed E-state index contributed by atoms with van der Waals surface area (Å²) in [6, 6.07) is 5.34. The average molecular weight is 262 g/mol. The minimum atomic E-state index is -0.417. The van der Waals surface area contributed by atoms with Crippen LogP contribution in [0.1, 0.15) is 17.1 Å². The van der Waals surface area contributed by atoms with Gasteiger partial charge in [0.05, 0.1) is 17.2 Å². The highest BCUT2D eigenvalue weighted by Crippen LogP contribution is 2.22. The Kier molecular flexibility index (Phi) is 3.43. The van der Waals surface area contributed by atoms with Crippen molar-refractivity contribution in [3.8, 4) is 0 Å². The van der Waals surface area contributed by atoms with Gasteiger partial charge in [0.25, 0.3) is 0 Å². The van der Waals surface area contributed by atoms with Crippen molar-refractivity contribution in [2.75, 3.05) is 5.43 Å². The number of pyridine rings is 1. The molecule has 0 aromatic carbocycles. The topological polar surface area (TPSA) is 112 Å². The van der Waals surface area contributed by atoms with Gasteiger partial charge in [-0.2, -0.15) is 5.10 Å². The zero-order valence-electron chi connectivity index (χ0n) is 10.6. The number of aromatic nitrogens is 3. The van der Waals surface area contributed by atoms with E-state index in [-0.39, 0.29) is 5.69 Å². The molecule has 100 valence electrons. The molecular weight excluding hydrogens is 248 g/mol. The van der Waals surface area contributed by atoms with Gasteiger partial charge < -0.3 is 5.43 Å². The van der Waals surface area contributed by atoms with Gasteiger partial charge in [0, 0.05) is 0 Å². The fraction of sp³-hybridized carbons (Fsp3) is 0.273. The van der Waals surface area contributed by atoms with Crippen LogP contribution in [0.5, 0.6) is 0 Å². The molecule has 0 aliphatic heterocycles. The molecule has 0 saturated heterocycles. The molecule has 0 radical (unpaired) electrons. The summed E-state index contributed by atoms with van der Waals surface area (Å²) in [5.74, 6) is 5.82. The smallest absolute Gasteiger partial charge is 0.308 e. The van der Waals surface area contributed by atoms with Crippen LogP contribution in [-0.2, 0) is 6.54 Å². The van der Waals surface area contributed by atoms with Gasteiger partial charge in [-0.3, -0.25) is 14.8 Å². The van der Waals surface area contributed by atoms with Crippen molar-refractivity contribution in [3.05, 3.63) is 45.4 Å². The number of nitro groups is 1. The van der Waals surface area contributed by atoms with E-state index in [2.05, 4.69) is 15.5 Å². The second-order valence-electron chi connectivity index (χ2n) is 4.09. The fourth-order valence-electron chi connectivity index (χ4n) is 1.91. The second kappa shape index (κ2) is 5.02. The number of anilines is 1. The van der Waals surface area contributed by atoms with Gasteiger partial charge >= 0.3 is 5.69 Å². The molecule has 0 spiro atoms. The summed E-state index contributed by atoms with van der Waals surface area (Å²) in [5, 5.41) is 15.1. The van der Waals surface area contributed by atoms with Gasteiger partial charge in [-0.05, 0) is 26.0 Å². The van der Waals surface area contributed by atoms with E-state index >= 15 is 0 Å². The summed E-state index contributed by atoms with van der Waals surface area (Å²) in [6.45, 7) is 3.64. The number of nitrogens with two attached hydrogens (primary N) is 1. The van der Waals surface area contributed by atoms with Crippen molar-refractivity contribution in [2.24, 2.45) is 5.84 Å². The van der Waals surface area contributed by atoms with Gasteiger partial charge in [0.2, 0.25) is 0 Å². The van der Waals surface area contributed by atoms with Gasteiger partial charge in [-0.1, -0.05) is 6.07 Å². The molecule has 0 saturated carbocycles. The number of hydrazine groups is 1. The Labute approximate surface area is 109 Å². The molecule has 2 aromatic heterocycles. The predicted molar refractivity (Wildman–Crippen MR) is 69.5 cm³/mol. The lowest BCUT2D eigenvalue weighted by atomic mass is 10.3. The lowest BCUT2D eigenvalue weighted by Crippen LogP contribution is -2.11. The van der Waals surface area contributed by atoms with Crippen LogP contribution < -0.4 is 11.3 Å². The Bertz CT molecular complexity index is 622. The third-order valence-electron chi connectivity index (χ3n) is 2.79. The van der Waals surface area contributed by atoms with Gasteiger partial charge in [0.15, 0.2) is 0 Å². The van der Waals surface area contributed by atoms with Crippen LogP contribution in [0.2, 0.25) is 0 Å². The van der Waals surface area contributed by atoms with E-state index in [4.69, 9.17) is 5.84 Å². The number of aryl methyl sites for hydroxylation is 1. The number of hydrogen-bond acceptors (Lipinski definition) is 6. The normalized spacial score (nSPS) is 10.5. The molecule has 0 unspecified atom stereocenters. The standard InChI is InChI=1S/C11H14N6O2/c1-7-11(17(18)19)8(2)16(15-7)6-9-4-3-5-10(13-9)14-12/h3-5H,6,12H2,1-2H3,(H,13,14). The van der Waals surface area contributed by atoms with Gasteiger partial charge in [-0.15, -0.1) is 0 Å². The molecular formula is C11H14N6O2. The van der Waals surface area contributed by atoms with Crippen LogP contribution in [0.15, 0.2) is 18.2 Å². The number of nitrogen functional groups attached to an aromatic ring is 1. The zero-order valence-corrected chi connectivity index (χ0v) is 10.6.